The summed E-state index contributed by atoms with van der Waals surface area (Å²) < 4.78 is 1.18. The normalized spacial score (nSPS) is 12.6. The van der Waals surface area contributed by atoms with Crippen molar-refractivity contribution in [3.05, 3.63) is 29.3 Å². The van der Waals surface area contributed by atoms with Gasteiger partial charge in [-0.2, -0.15) is 0 Å². The van der Waals surface area contributed by atoms with Crippen LogP contribution in [0.5, 0.6) is 0 Å². The maximum atomic E-state index is 11.3. The minimum Gasteiger partial charge on any atom is -0.354 e. The summed E-state index contributed by atoms with van der Waals surface area (Å²) in [5.41, 5.74) is 6.47. The highest BCUT2D eigenvalue weighted by Crippen LogP contribution is 2.21. The third-order valence-electron chi connectivity index (χ3n) is 2.39. The molecule has 0 fully saturated rings. The lowest BCUT2D eigenvalue weighted by Crippen LogP contribution is -2.39. The van der Waals surface area contributed by atoms with Gasteiger partial charge in [-0.1, -0.05) is 12.1 Å². The zero-order chi connectivity index (χ0) is 12.3. The van der Waals surface area contributed by atoms with E-state index in [4.69, 9.17) is 5.73 Å². The fraction of sp³-hybridized carbons (Fsp3) is 0.333. The Balaban J connectivity index is 1.93. The average Bonchev–Trinajstić information content (AvgIpc) is 2.71. The summed E-state index contributed by atoms with van der Waals surface area (Å²) in [5.74, 6) is -0.119. The van der Waals surface area contributed by atoms with Gasteiger partial charge in [0.15, 0.2) is 0 Å². The van der Waals surface area contributed by atoms with Crippen molar-refractivity contribution in [2.75, 3.05) is 6.54 Å². The molecule has 3 N–H and O–H groups in total. The van der Waals surface area contributed by atoms with Gasteiger partial charge in [-0.15, -0.1) is 11.3 Å². The molecule has 1 amide bonds. The Morgan fingerprint density at radius 1 is 1.53 bits per heavy atom. The van der Waals surface area contributed by atoms with Crippen LogP contribution < -0.4 is 11.1 Å². The molecule has 17 heavy (non-hydrogen) atoms. The van der Waals surface area contributed by atoms with Crippen LogP contribution in [0.15, 0.2) is 24.3 Å². The highest BCUT2D eigenvalue weighted by molar-refractivity contribution is 7.18. The molecule has 0 bridgehead atoms. The SMILES string of the molecule is C[C@H](N)C(=O)NCCc1nc2ccccc2s1. The number of benzene rings is 1. The molecule has 1 heterocycles. The predicted molar refractivity (Wildman–Crippen MR) is 70.0 cm³/mol. The number of nitrogens with two attached hydrogens (primary N) is 1. The van der Waals surface area contributed by atoms with Crippen molar-refractivity contribution < 1.29 is 4.79 Å². The van der Waals surface area contributed by atoms with Crippen molar-refractivity contribution in [2.24, 2.45) is 5.73 Å². The quantitative estimate of drug-likeness (QED) is 0.858. The number of carbonyl (C=O) groups is 1. The van der Waals surface area contributed by atoms with Crippen molar-refractivity contribution in [2.45, 2.75) is 19.4 Å². The topological polar surface area (TPSA) is 68.0 Å². The Hall–Kier alpha value is -1.46. The van der Waals surface area contributed by atoms with Crippen LogP contribution >= 0.6 is 11.3 Å². The molecule has 0 radical (unpaired) electrons. The second-order valence-corrected chi connectivity index (χ2v) is 5.02. The number of nitrogens with zero attached hydrogens (tertiary/aromatic N) is 1. The third kappa shape index (κ3) is 3.01. The molecule has 1 aromatic carbocycles. The number of carbonyl (C=O) groups excluding carboxylic acids is 1. The summed E-state index contributed by atoms with van der Waals surface area (Å²) in [4.78, 5) is 15.7. The van der Waals surface area contributed by atoms with Gasteiger partial charge in [0, 0.05) is 13.0 Å². The van der Waals surface area contributed by atoms with Gasteiger partial charge in [0.2, 0.25) is 5.91 Å². The molecule has 0 saturated heterocycles. The monoisotopic (exact) mass is 249 g/mol. The van der Waals surface area contributed by atoms with Gasteiger partial charge in [-0.25, -0.2) is 4.98 Å². The van der Waals surface area contributed by atoms with E-state index in [0.717, 1.165) is 16.9 Å². The number of amides is 1. The van der Waals surface area contributed by atoms with Crippen LogP contribution in [0.2, 0.25) is 0 Å². The van der Waals surface area contributed by atoms with Gasteiger partial charge in [0.05, 0.1) is 21.3 Å². The number of thiazole rings is 1. The first-order valence-electron chi connectivity index (χ1n) is 5.54. The lowest BCUT2D eigenvalue weighted by atomic mass is 10.3. The number of para-hydroxylation sites is 1. The van der Waals surface area contributed by atoms with E-state index in [1.54, 1.807) is 18.3 Å². The highest BCUT2D eigenvalue weighted by Gasteiger charge is 2.07. The Bertz CT molecular complexity index is 488. The predicted octanol–water partition coefficient (Wildman–Crippen LogP) is 1.30. The molecule has 5 heteroatoms. The van der Waals surface area contributed by atoms with Crippen molar-refractivity contribution in [1.29, 1.82) is 0 Å². The number of aromatic nitrogens is 1. The second kappa shape index (κ2) is 5.25. The number of hydrogen-bond donors (Lipinski definition) is 2. The second-order valence-electron chi connectivity index (χ2n) is 3.91. The van der Waals surface area contributed by atoms with Crippen LogP contribution in [-0.2, 0) is 11.2 Å². The smallest absolute Gasteiger partial charge is 0.236 e. The molecule has 1 aromatic heterocycles. The fourth-order valence-electron chi connectivity index (χ4n) is 1.48. The van der Waals surface area contributed by atoms with E-state index in [0.29, 0.717) is 6.54 Å². The first kappa shape index (κ1) is 12.0. The molecule has 90 valence electrons. The first-order chi connectivity index (χ1) is 8.16. The summed E-state index contributed by atoms with van der Waals surface area (Å²) in [6.45, 7) is 2.26. The molecule has 2 aromatic rings. The molecule has 4 nitrogen and oxygen atoms in total. The van der Waals surface area contributed by atoms with Crippen molar-refractivity contribution in [3.63, 3.8) is 0 Å². The maximum absolute atomic E-state index is 11.3. The maximum Gasteiger partial charge on any atom is 0.236 e. The largest absolute Gasteiger partial charge is 0.354 e. The van der Waals surface area contributed by atoms with Gasteiger partial charge in [-0.05, 0) is 19.1 Å². The van der Waals surface area contributed by atoms with Crippen molar-refractivity contribution in [3.8, 4) is 0 Å². The third-order valence-corrected chi connectivity index (χ3v) is 3.49. The summed E-state index contributed by atoms with van der Waals surface area (Å²) in [6.07, 6.45) is 0.748. The van der Waals surface area contributed by atoms with E-state index >= 15 is 0 Å². The van der Waals surface area contributed by atoms with E-state index in [9.17, 15) is 4.79 Å². The minimum atomic E-state index is -0.453. The van der Waals surface area contributed by atoms with Gasteiger partial charge >= 0.3 is 0 Å². The van der Waals surface area contributed by atoms with Crippen LogP contribution in [0.25, 0.3) is 10.2 Å². The summed E-state index contributed by atoms with van der Waals surface area (Å²) in [7, 11) is 0. The molecule has 0 aliphatic rings. The summed E-state index contributed by atoms with van der Waals surface area (Å²) >= 11 is 1.66. The van der Waals surface area contributed by atoms with E-state index in [2.05, 4.69) is 16.4 Å². The lowest BCUT2D eigenvalue weighted by molar-refractivity contribution is -0.121. The van der Waals surface area contributed by atoms with E-state index < -0.39 is 6.04 Å². The molecule has 0 spiro atoms. The summed E-state index contributed by atoms with van der Waals surface area (Å²) in [6, 6.07) is 7.57. The number of nitrogens with one attached hydrogen (secondary N) is 1. The van der Waals surface area contributed by atoms with Crippen molar-refractivity contribution >= 4 is 27.5 Å². The van der Waals surface area contributed by atoms with Crippen LogP contribution in [-0.4, -0.2) is 23.5 Å². The number of hydrogen-bond acceptors (Lipinski definition) is 4. The summed E-state index contributed by atoms with van der Waals surface area (Å²) in [5, 5.41) is 3.82. The Morgan fingerprint density at radius 2 is 2.29 bits per heavy atom. The van der Waals surface area contributed by atoms with Crippen LogP contribution in [0.1, 0.15) is 11.9 Å². The van der Waals surface area contributed by atoms with Crippen LogP contribution in [0.3, 0.4) is 0 Å². The fourth-order valence-corrected chi connectivity index (χ4v) is 2.45. The zero-order valence-corrected chi connectivity index (χ0v) is 10.5. The van der Waals surface area contributed by atoms with E-state index in [1.165, 1.54) is 4.70 Å². The van der Waals surface area contributed by atoms with Gasteiger partial charge in [-0.3, -0.25) is 4.79 Å². The zero-order valence-electron chi connectivity index (χ0n) is 9.64. The first-order valence-corrected chi connectivity index (χ1v) is 6.36. The molecule has 2 rings (SSSR count). The van der Waals surface area contributed by atoms with Crippen LogP contribution in [0, 0.1) is 0 Å². The van der Waals surface area contributed by atoms with Gasteiger partial charge in [0.25, 0.3) is 0 Å². The van der Waals surface area contributed by atoms with E-state index in [1.807, 2.05) is 18.2 Å². The molecule has 1 atom stereocenters. The highest BCUT2D eigenvalue weighted by atomic mass is 32.1. The lowest BCUT2D eigenvalue weighted by Gasteiger charge is -2.05. The molecular formula is C12H15N3OS. The molecule has 0 aliphatic carbocycles. The molecule has 0 saturated carbocycles. The Morgan fingerprint density at radius 3 is 3.00 bits per heavy atom. The van der Waals surface area contributed by atoms with Gasteiger partial charge < -0.3 is 11.1 Å². The molecule has 0 aliphatic heterocycles. The Labute approximate surface area is 104 Å². The Kier molecular flexibility index (Phi) is 3.71. The van der Waals surface area contributed by atoms with Crippen molar-refractivity contribution in [1.82, 2.24) is 10.3 Å². The average molecular weight is 249 g/mol. The van der Waals surface area contributed by atoms with Gasteiger partial charge in [0.1, 0.15) is 0 Å². The van der Waals surface area contributed by atoms with E-state index in [-0.39, 0.29) is 5.91 Å². The van der Waals surface area contributed by atoms with Crippen LogP contribution in [0.4, 0.5) is 0 Å². The molecular weight excluding hydrogens is 234 g/mol. The number of fused-ring (bicyclic) bond motifs is 1. The molecule has 0 unspecified atom stereocenters. The number of rotatable bonds is 4. The standard InChI is InChI=1S/C12H15N3OS/c1-8(13)12(16)14-7-6-11-15-9-4-2-3-5-10(9)17-11/h2-5,8H,6-7,13H2,1H3,(H,14,16)/t8-/m0/s1. The minimum absolute atomic E-state index is 0.119.